The van der Waals surface area contributed by atoms with Crippen LogP contribution in [0.4, 0.5) is 4.39 Å². The maximum Gasteiger partial charge on any atom is 0.383 e. The van der Waals surface area contributed by atoms with Crippen LogP contribution in [0, 0.1) is 23.1 Å². The maximum absolute atomic E-state index is 15.8. The molecule has 2 saturated heterocycles. The molecule has 62 heavy (non-hydrogen) atoms. The lowest BCUT2D eigenvalue weighted by molar-refractivity contribution is -0.0472. The quantitative estimate of drug-likeness (QED) is 0.0244. The smallest absolute Gasteiger partial charge is 0.383 e. The zero-order valence-corrected chi connectivity index (χ0v) is 41.0. The zero-order valence-electron chi connectivity index (χ0n) is 35.5. The fraction of sp³-hybridized carbons (Fsp3) is 0.703. The van der Waals surface area contributed by atoms with Crippen LogP contribution in [0.5, 0.6) is 5.88 Å². The summed E-state index contributed by atoms with van der Waals surface area (Å²) in [5, 5.41) is 9.16. The first kappa shape index (κ1) is 49.5. The number of nitriles is 1. The maximum atomic E-state index is 15.8. The number of aromatic nitrogens is 5. The number of nitrogens with one attached hydrogen (secondary N) is 1. The fourth-order valence-electron chi connectivity index (χ4n) is 8.32. The van der Waals surface area contributed by atoms with E-state index in [1.807, 2.05) is 13.8 Å². The summed E-state index contributed by atoms with van der Waals surface area (Å²) in [7, 11) is -6.15. The Balaban J connectivity index is 1.41. The minimum absolute atomic E-state index is 0.0158. The number of H-pyrrole nitrogens is 1. The molecule has 1 saturated carbocycles. The number of aromatic amines is 1. The largest absolute Gasteiger partial charge is 0.474 e. The summed E-state index contributed by atoms with van der Waals surface area (Å²) in [5.41, 5.74) is -0.681. The van der Waals surface area contributed by atoms with Crippen LogP contribution in [0.25, 0.3) is 11.0 Å². The molecule has 0 spiro atoms. The van der Waals surface area contributed by atoms with Gasteiger partial charge in [-0.25, -0.2) is 23.9 Å². The van der Waals surface area contributed by atoms with Crippen LogP contribution >= 0.6 is 25.8 Å². The van der Waals surface area contributed by atoms with Crippen molar-refractivity contribution in [3.05, 3.63) is 47.3 Å². The van der Waals surface area contributed by atoms with Crippen LogP contribution in [0.3, 0.4) is 0 Å². The molecule has 0 bridgehead atoms. The molecular weight excluding hydrogens is 922 g/mol. The summed E-state index contributed by atoms with van der Waals surface area (Å²) in [6.07, 6.45) is 5.16. The van der Waals surface area contributed by atoms with Gasteiger partial charge in [0.25, 0.3) is 5.56 Å². The summed E-state index contributed by atoms with van der Waals surface area (Å²) in [6, 6.07) is 4.86. The van der Waals surface area contributed by atoms with Crippen LogP contribution in [-0.4, -0.2) is 96.5 Å². The highest BCUT2D eigenvalue weighted by atomic mass is 32.7. The Labute approximate surface area is 373 Å². The Hall–Kier alpha value is -1.98. The van der Waals surface area contributed by atoms with Crippen molar-refractivity contribution in [3.8, 4) is 11.9 Å². The first-order valence-electron chi connectivity index (χ1n) is 21.1. The van der Waals surface area contributed by atoms with Crippen molar-refractivity contribution in [2.45, 2.75) is 140 Å². The molecule has 25 heteroatoms. The third kappa shape index (κ3) is 11.9. The van der Waals surface area contributed by atoms with Gasteiger partial charge in [-0.15, -0.1) is 0 Å². The van der Waals surface area contributed by atoms with Crippen molar-refractivity contribution in [2.75, 3.05) is 19.8 Å². The molecule has 3 aliphatic rings. The Bertz CT molecular complexity index is 2150. The molecule has 0 amide bonds. The number of hydrogen-bond donors (Lipinski definition) is 3. The average molecular weight is 979 g/mol. The Morgan fingerprint density at radius 1 is 1.18 bits per heavy atom. The van der Waals surface area contributed by atoms with E-state index in [1.165, 1.54) is 10.9 Å². The van der Waals surface area contributed by atoms with Crippen molar-refractivity contribution in [2.24, 2.45) is 5.92 Å². The lowest BCUT2D eigenvalue weighted by atomic mass is 10.1. The van der Waals surface area contributed by atoms with E-state index >= 15 is 4.39 Å². The highest BCUT2D eigenvalue weighted by Gasteiger charge is 2.68. The van der Waals surface area contributed by atoms with Crippen LogP contribution < -0.4 is 10.3 Å². The van der Waals surface area contributed by atoms with Gasteiger partial charge in [0.15, 0.2) is 17.7 Å². The standard InChI is InChI=1S/C37H57FN6O12P2S2Si2/c1-6-17-61(18-7-2,56-62(25(5)8-3)31(9-4)54-62)55-33-29(22-49-57(46,47)59)52-37(44-20-28(38)32-35(44)42-24-43-36(32)45)34(33)53-58(60,48-16-10-14-39)50-21-26-11-12-27(19-26)51-30-13-15-40-23-41-30/h13,15,20,23-27,29,31,33-34,37H,6-12,16-19,21-22H2,1-5H3,(H,42,43,45)(H2,46,47,59)/t25?,26-,27+,29-,31?,33-,34-,37-,58?,62?/m1/s1. The van der Waals surface area contributed by atoms with Gasteiger partial charge in [-0.05, 0) is 55.5 Å². The van der Waals surface area contributed by atoms with E-state index in [9.17, 15) is 19.5 Å². The van der Waals surface area contributed by atoms with E-state index in [0.717, 1.165) is 38.2 Å². The van der Waals surface area contributed by atoms with E-state index in [2.05, 4.69) is 59.0 Å². The van der Waals surface area contributed by atoms with Gasteiger partial charge in [-0.2, -0.15) is 5.26 Å². The number of thiol groups is 1. The van der Waals surface area contributed by atoms with E-state index in [0.29, 0.717) is 37.2 Å². The van der Waals surface area contributed by atoms with Gasteiger partial charge >= 0.3 is 30.6 Å². The molecule has 5 heterocycles. The number of fused-ring (bicyclic) bond motifs is 1. The molecule has 344 valence electrons. The third-order valence-corrected chi connectivity index (χ3v) is 24.2. The number of ether oxygens (including phenoxy) is 2. The van der Waals surface area contributed by atoms with Gasteiger partial charge < -0.3 is 45.9 Å². The Morgan fingerprint density at radius 2 is 1.95 bits per heavy atom. The molecule has 2 aliphatic heterocycles. The molecule has 6 rings (SSSR count). The first-order valence-corrected chi connectivity index (χ1v) is 30.6. The fourth-order valence-corrected chi connectivity index (χ4v) is 21.5. The molecule has 3 aromatic rings. The molecule has 18 nitrogen and oxygen atoms in total. The Kier molecular flexibility index (Phi) is 17.2. The summed E-state index contributed by atoms with van der Waals surface area (Å²) in [6.45, 7) is 1.60. The molecule has 3 aromatic heterocycles. The number of rotatable bonds is 25. The Morgan fingerprint density at radius 3 is 2.60 bits per heavy atom. The second-order valence-corrected chi connectivity index (χ2v) is 28.7. The van der Waals surface area contributed by atoms with Gasteiger partial charge in [0.05, 0.1) is 44.4 Å². The summed E-state index contributed by atoms with van der Waals surface area (Å²) >= 11 is 9.91. The summed E-state index contributed by atoms with van der Waals surface area (Å²) < 4.78 is 88.5. The van der Waals surface area contributed by atoms with Gasteiger partial charge in [0.2, 0.25) is 5.88 Å². The van der Waals surface area contributed by atoms with Crippen molar-refractivity contribution in [1.82, 2.24) is 24.5 Å². The lowest BCUT2D eigenvalue weighted by Crippen LogP contribution is -2.55. The predicted octanol–water partition coefficient (Wildman–Crippen LogP) is 7.66. The summed E-state index contributed by atoms with van der Waals surface area (Å²) in [5.74, 6) is -0.437. The molecule has 0 radical (unpaired) electrons. The van der Waals surface area contributed by atoms with Gasteiger partial charge in [0.1, 0.15) is 36.1 Å². The zero-order chi connectivity index (χ0) is 44.7. The van der Waals surface area contributed by atoms with Crippen LogP contribution in [0.1, 0.15) is 92.2 Å². The number of hydrogen-bond acceptors (Lipinski definition) is 16. The minimum atomic E-state index is -4.39. The SMILES string of the molecule is CCC[Si](CCC)(O[C@H]1[C@@H](OP(=S)(OCCC#N)OC[C@@H]2CC[C@H](Oc3ccncn3)C2)[C@H](n2cc(F)c3c(=O)[nH]cnc32)O[C@@H]1COP(=O)(O)S)O[Si]1(C(C)CC)OC1CC. The van der Waals surface area contributed by atoms with Crippen molar-refractivity contribution >= 4 is 65.7 Å². The van der Waals surface area contributed by atoms with Crippen molar-refractivity contribution in [1.29, 1.82) is 5.26 Å². The third-order valence-electron chi connectivity index (χ3n) is 11.4. The molecule has 1 aliphatic carbocycles. The van der Waals surface area contributed by atoms with E-state index in [1.54, 1.807) is 12.3 Å². The average Bonchev–Trinajstić information content (AvgIpc) is 3.43. The highest BCUT2D eigenvalue weighted by molar-refractivity contribution is 8.44. The second-order valence-electron chi connectivity index (χ2n) is 15.8. The minimum Gasteiger partial charge on any atom is -0.474 e. The molecular formula is C37H57FN6O12P2S2Si2. The van der Waals surface area contributed by atoms with Crippen molar-refractivity contribution < 1.29 is 54.4 Å². The first-order chi connectivity index (χ1) is 29.6. The van der Waals surface area contributed by atoms with E-state index in [4.69, 9.17) is 52.3 Å². The van der Waals surface area contributed by atoms with E-state index < -0.39 is 73.2 Å². The van der Waals surface area contributed by atoms with Gasteiger partial charge in [-0.1, -0.05) is 66.1 Å². The van der Waals surface area contributed by atoms with Crippen LogP contribution in [0.15, 0.2) is 35.9 Å². The van der Waals surface area contributed by atoms with Crippen LogP contribution in [-0.2, 0) is 52.2 Å². The van der Waals surface area contributed by atoms with Gasteiger partial charge in [0, 0.05) is 24.0 Å². The van der Waals surface area contributed by atoms with Gasteiger partial charge in [-0.3, -0.25) is 13.8 Å². The molecule has 5 unspecified atom stereocenters. The molecule has 11 atom stereocenters. The topological polar surface area (TPSA) is 224 Å². The van der Waals surface area contributed by atoms with Crippen molar-refractivity contribution in [3.63, 3.8) is 0 Å². The lowest BCUT2D eigenvalue weighted by Gasteiger charge is -2.40. The second kappa shape index (κ2) is 21.6. The van der Waals surface area contributed by atoms with Crippen LogP contribution in [0.2, 0.25) is 17.6 Å². The monoisotopic (exact) mass is 978 g/mol. The highest BCUT2D eigenvalue weighted by Crippen LogP contribution is 2.57. The predicted molar refractivity (Wildman–Crippen MR) is 237 cm³/mol. The normalized spacial score (nSPS) is 28.7. The van der Waals surface area contributed by atoms with E-state index in [-0.39, 0.29) is 54.0 Å². The number of nitrogens with zero attached hydrogens (tertiary/aromatic N) is 5. The number of halogens is 1. The molecule has 0 aromatic carbocycles. The molecule has 3 fully saturated rings. The molecule has 2 N–H and O–H groups in total. The summed E-state index contributed by atoms with van der Waals surface area (Å²) in [4.78, 5) is 38.0.